The van der Waals surface area contributed by atoms with Crippen molar-refractivity contribution in [1.29, 1.82) is 0 Å². The van der Waals surface area contributed by atoms with Crippen molar-refractivity contribution in [3.8, 4) is 0 Å². The van der Waals surface area contributed by atoms with E-state index in [9.17, 15) is 9.59 Å². The van der Waals surface area contributed by atoms with Gasteiger partial charge in [-0.25, -0.2) is 0 Å². The number of carboxylic acid groups (broad SMARTS) is 1. The molecule has 1 unspecified atom stereocenters. The summed E-state index contributed by atoms with van der Waals surface area (Å²) < 4.78 is 5.56. The van der Waals surface area contributed by atoms with Gasteiger partial charge in [0.1, 0.15) is 6.10 Å². The van der Waals surface area contributed by atoms with Crippen LogP contribution in [0.2, 0.25) is 0 Å². The zero-order valence-electron chi connectivity index (χ0n) is 12.6. The quantitative estimate of drug-likeness (QED) is 0.521. The molecule has 0 saturated heterocycles. The lowest BCUT2D eigenvalue weighted by Crippen LogP contribution is -2.11. The molecule has 0 aromatic heterocycles. The van der Waals surface area contributed by atoms with Gasteiger partial charge in [-0.1, -0.05) is 43.7 Å². The summed E-state index contributed by atoms with van der Waals surface area (Å²) >= 11 is 0. The van der Waals surface area contributed by atoms with Gasteiger partial charge in [0.15, 0.2) is 0 Å². The van der Waals surface area contributed by atoms with E-state index in [0.29, 0.717) is 12.8 Å². The number of ether oxygens (including phenoxy) is 1. The molecule has 0 radical (unpaired) electrons. The maximum atomic E-state index is 11.9. The van der Waals surface area contributed by atoms with Gasteiger partial charge >= 0.3 is 11.9 Å². The van der Waals surface area contributed by atoms with Gasteiger partial charge in [0.25, 0.3) is 0 Å². The lowest BCUT2D eigenvalue weighted by atomic mass is 10.0. The number of rotatable bonds is 10. The molecule has 1 aromatic carbocycles. The van der Waals surface area contributed by atoms with Gasteiger partial charge in [0, 0.05) is 12.8 Å². The van der Waals surface area contributed by atoms with Crippen LogP contribution in [-0.4, -0.2) is 17.0 Å². The second kappa shape index (κ2) is 9.97. The molecule has 0 heterocycles. The zero-order valence-corrected chi connectivity index (χ0v) is 12.6. The summed E-state index contributed by atoms with van der Waals surface area (Å²) in [6.07, 6.45) is 4.13. The Kier molecular flexibility index (Phi) is 8.17. The lowest BCUT2D eigenvalue weighted by molar-refractivity contribution is -0.150. The Bertz CT molecular complexity index is 428. The van der Waals surface area contributed by atoms with Gasteiger partial charge < -0.3 is 9.84 Å². The topological polar surface area (TPSA) is 63.6 Å². The molecule has 1 aromatic rings. The van der Waals surface area contributed by atoms with Crippen molar-refractivity contribution in [2.24, 2.45) is 0 Å². The number of aliphatic carboxylic acids is 1. The number of hydrogen-bond donors (Lipinski definition) is 1. The second-order valence-corrected chi connectivity index (χ2v) is 5.13. The molecule has 0 aliphatic heterocycles. The van der Waals surface area contributed by atoms with E-state index < -0.39 is 5.97 Å². The predicted octanol–water partition coefficient (Wildman–Crippen LogP) is 4.11. The second-order valence-electron chi connectivity index (χ2n) is 5.13. The first-order chi connectivity index (χ1) is 10.1. The fourth-order valence-corrected chi connectivity index (χ4v) is 2.11. The number of carbonyl (C=O) groups is 2. The smallest absolute Gasteiger partial charge is 0.306 e. The highest BCUT2D eigenvalue weighted by Crippen LogP contribution is 2.24. The van der Waals surface area contributed by atoms with Crippen molar-refractivity contribution in [1.82, 2.24) is 0 Å². The predicted molar refractivity (Wildman–Crippen MR) is 80.9 cm³/mol. The fraction of sp³-hybridized carbons (Fsp3) is 0.529. The van der Waals surface area contributed by atoms with Crippen molar-refractivity contribution in [2.45, 2.75) is 58.0 Å². The van der Waals surface area contributed by atoms with Gasteiger partial charge in [0.2, 0.25) is 0 Å². The average Bonchev–Trinajstić information content (AvgIpc) is 2.48. The van der Waals surface area contributed by atoms with E-state index in [-0.39, 0.29) is 24.9 Å². The van der Waals surface area contributed by atoms with E-state index >= 15 is 0 Å². The highest BCUT2D eigenvalue weighted by atomic mass is 16.5. The van der Waals surface area contributed by atoms with Crippen LogP contribution in [0.25, 0.3) is 0 Å². The monoisotopic (exact) mass is 292 g/mol. The Hall–Kier alpha value is -1.84. The molecule has 0 bridgehead atoms. The fourth-order valence-electron chi connectivity index (χ4n) is 2.11. The molecular weight excluding hydrogens is 268 g/mol. The molecule has 0 fully saturated rings. The molecule has 1 N–H and O–H groups in total. The third-order valence-corrected chi connectivity index (χ3v) is 3.29. The molecule has 116 valence electrons. The summed E-state index contributed by atoms with van der Waals surface area (Å²) in [5, 5.41) is 8.55. The Morgan fingerprint density at radius 2 is 1.76 bits per heavy atom. The number of carboxylic acids is 1. The Labute approximate surface area is 126 Å². The molecule has 0 aliphatic carbocycles. The van der Waals surface area contributed by atoms with Crippen LogP contribution in [0.15, 0.2) is 30.3 Å². The van der Waals surface area contributed by atoms with Crippen LogP contribution in [0, 0.1) is 0 Å². The minimum absolute atomic E-state index is 0.102. The van der Waals surface area contributed by atoms with Crippen molar-refractivity contribution in [2.75, 3.05) is 0 Å². The highest BCUT2D eigenvalue weighted by molar-refractivity contribution is 5.70. The molecule has 0 aliphatic rings. The molecule has 0 amide bonds. The molecule has 0 saturated carbocycles. The molecule has 21 heavy (non-hydrogen) atoms. The van der Waals surface area contributed by atoms with Crippen molar-refractivity contribution in [3.05, 3.63) is 35.9 Å². The number of unbranched alkanes of at least 4 members (excludes halogenated alkanes) is 2. The Morgan fingerprint density at radius 3 is 2.38 bits per heavy atom. The van der Waals surface area contributed by atoms with Gasteiger partial charge in [-0.15, -0.1) is 0 Å². The van der Waals surface area contributed by atoms with Gasteiger partial charge in [-0.2, -0.15) is 0 Å². The van der Waals surface area contributed by atoms with Gasteiger partial charge in [-0.05, 0) is 31.2 Å². The van der Waals surface area contributed by atoms with Crippen LogP contribution in [0.3, 0.4) is 0 Å². The summed E-state index contributed by atoms with van der Waals surface area (Å²) in [5.41, 5.74) is 1.02. The lowest BCUT2D eigenvalue weighted by Gasteiger charge is -2.18. The summed E-state index contributed by atoms with van der Waals surface area (Å²) in [5.74, 6) is -1.07. The minimum atomic E-state index is -0.825. The summed E-state index contributed by atoms with van der Waals surface area (Å²) in [6, 6.07) is 9.76. The van der Waals surface area contributed by atoms with E-state index in [4.69, 9.17) is 9.84 Å². The van der Waals surface area contributed by atoms with Crippen LogP contribution in [-0.2, 0) is 14.3 Å². The van der Waals surface area contributed by atoms with Crippen molar-refractivity contribution in [3.63, 3.8) is 0 Å². The summed E-state index contributed by atoms with van der Waals surface area (Å²) in [7, 11) is 0. The zero-order chi connectivity index (χ0) is 15.5. The largest absolute Gasteiger partial charge is 0.481 e. The van der Waals surface area contributed by atoms with E-state index in [1.54, 1.807) is 0 Å². The van der Waals surface area contributed by atoms with Gasteiger partial charge in [-0.3, -0.25) is 9.59 Å². The van der Waals surface area contributed by atoms with Crippen LogP contribution in [0.1, 0.15) is 63.5 Å². The number of carbonyl (C=O) groups excluding carboxylic acids is 1. The molecule has 4 heteroatoms. The van der Waals surface area contributed by atoms with Crippen LogP contribution < -0.4 is 0 Å². The number of benzene rings is 1. The maximum Gasteiger partial charge on any atom is 0.306 e. The van der Waals surface area contributed by atoms with E-state index in [0.717, 1.165) is 24.8 Å². The van der Waals surface area contributed by atoms with Crippen LogP contribution in [0.4, 0.5) is 0 Å². The first-order valence-electron chi connectivity index (χ1n) is 7.59. The van der Waals surface area contributed by atoms with E-state index in [1.165, 1.54) is 0 Å². The first kappa shape index (κ1) is 17.2. The maximum absolute atomic E-state index is 11.9. The molecule has 1 rings (SSSR count). The number of hydrogen-bond acceptors (Lipinski definition) is 3. The van der Waals surface area contributed by atoms with Crippen LogP contribution in [0.5, 0.6) is 0 Å². The average molecular weight is 292 g/mol. The highest BCUT2D eigenvalue weighted by Gasteiger charge is 2.16. The Morgan fingerprint density at radius 1 is 1.10 bits per heavy atom. The number of esters is 1. The van der Waals surface area contributed by atoms with E-state index in [1.807, 2.05) is 30.3 Å². The standard InChI is InChI=1S/C17H24O4/c1-2-3-11-15(14-9-5-4-6-10-14)21-17(20)13-8-7-12-16(18)19/h4-6,9-10,15H,2-3,7-8,11-13H2,1H3,(H,18,19). The summed E-state index contributed by atoms with van der Waals surface area (Å²) in [6.45, 7) is 2.11. The molecule has 0 spiro atoms. The van der Waals surface area contributed by atoms with Gasteiger partial charge in [0.05, 0.1) is 0 Å². The Balaban J connectivity index is 2.45. The SMILES string of the molecule is CCCCC(OC(=O)CCCCC(=O)O)c1ccccc1. The molecule has 4 nitrogen and oxygen atoms in total. The van der Waals surface area contributed by atoms with Crippen molar-refractivity contribution < 1.29 is 19.4 Å². The normalized spacial score (nSPS) is 11.9. The van der Waals surface area contributed by atoms with E-state index in [2.05, 4.69) is 6.92 Å². The first-order valence-corrected chi connectivity index (χ1v) is 7.59. The summed E-state index contributed by atoms with van der Waals surface area (Å²) in [4.78, 5) is 22.3. The van der Waals surface area contributed by atoms with Crippen LogP contribution >= 0.6 is 0 Å². The van der Waals surface area contributed by atoms with Crippen molar-refractivity contribution >= 4 is 11.9 Å². The third kappa shape index (κ3) is 7.49. The minimum Gasteiger partial charge on any atom is -0.481 e. The third-order valence-electron chi connectivity index (χ3n) is 3.29. The molecular formula is C17H24O4. The molecule has 1 atom stereocenters.